The van der Waals surface area contributed by atoms with Gasteiger partial charge in [0.25, 0.3) is 0 Å². The molecule has 7 nitrogen and oxygen atoms in total. The van der Waals surface area contributed by atoms with Crippen LogP contribution in [-0.2, 0) is 0 Å². The minimum atomic E-state index is -4.23. The molecule has 10 heteroatoms. The first kappa shape index (κ1) is 14.3. The maximum Gasteiger partial charge on any atom is 0.391 e. The number of alkyl halides is 3. The predicted molar refractivity (Wildman–Crippen MR) is 64.1 cm³/mol. The molecule has 0 unspecified atom stereocenters. The number of anilines is 2. The maximum absolute atomic E-state index is 12.6. The number of nitro groups is 1. The van der Waals surface area contributed by atoms with Crippen molar-refractivity contribution in [2.24, 2.45) is 5.92 Å². The van der Waals surface area contributed by atoms with Gasteiger partial charge in [0.1, 0.15) is 6.33 Å². The molecular weight excluding hydrogens is 279 g/mol. The van der Waals surface area contributed by atoms with Gasteiger partial charge in [-0.1, -0.05) is 0 Å². The van der Waals surface area contributed by atoms with Crippen LogP contribution in [0.4, 0.5) is 30.5 Å². The van der Waals surface area contributed by atoms with E-state index in [0.29, 0.717) is 0 Å². The Bertz CT molecular complexity index is 514. The molecule has 1 aromatic heterocycles. The van der Waals surface area contributed by atoms with Gasteiger partial charge >= 0.3 is 11.9 Å². The van der Waals surface area contributed by atoms with Gasteiger partial charge in [-0.3, -0.25) is 10.1 Å². The molecule has 0 spiro atoms. The molecule has 0 aliphatic carbocycles. The van der Waals surface area contributed by atoms with Gasteiger partial charge in [0.15, 0.2) is 0 Å². The van der Waals surface area contributed by atoms with Crippen LogP contribution in [0, 0.1) is 16.0 Å². The number of halogens is 3. The number of piperidine rings is 1. The normalized spacial score (nSPS) is 17.2. The average Bonchev–Trinajstić information content (AvgIpc) is 2.37. The van der Waals surface area contributed by atoms with Gasteiger partial charge in [-0.05, 0) is 12.8 Å². The van der Waals surface area contributed by atoms with Crippen LogP contribution in [0.15, 0.2) is 6.33 Å². The molecule has 1 aliphatic rings. The third kappa shape index (κ3) is 2.73. The predicted octanol–water partition coefficient (Wildman–Crippen LogP) is 1.75. The van der Waals surface area contributed by atoms with Crippen molar-refractivity contribution in [3.05, 3.63) is 16.4 Å². The number of nitrogens with two attached hydrogens (primary N) is 1. The van der Waals surface area contributed by atoms with E-state index in [1.54, 1.807) is 0 Å². The van der Waals surface area contributed by atoms with Crippen LogP contribution in [0.3, 0.4) is 0 Å². The monoisotopic (exact) mass is 291 g/mol. The van der Waals surface area contributed by atoms with E-state index in [4.69, 9.17) is 5.73 Å². The Morgan fingerprint density at radius 3 is 2.45 bits per heavy atom. The minimum absolute atomic E-state index is 0.0249. The Hall–Kier alpha value is -2.13. The highest BCUT2D eigenvalue weighted by Gasteiger charge is 2.42. The summed E-state index contributed by atoms with van der Waals surface area (Å²) in [4.78, 5) is 19.0. The zero-order chi connectivity index (χ0) is 14.9. The van der Waals surface area contributed by atoms with Crippen molar-refractivity contribution in [2.75, 3.05) is 23.7 Å². The Labute approximate surface area is 111 Å². The number of nitrogen functional groups attached to an aromatic ring is 1. The molecule has 1 fully saturated rings. The highest BCUT2D eigenvalue weighted by molar-refractivity contribution is 5.68. The quantitative estimate of drug-likeness (QED) is 0.658. The molecule has 0 aromatic carbocycles. The van der Waals surface area contributed by atoms with E-state index >= 15 is 0 Å². The maximum atomic E-state index is 12.6. The molecule has 20 heavy (non-hydrogen) atoms. The molecule has 2 rings (SSSR count). The zero-order valence-electron chi connectivity index (χ0n) is 10.3. The Kier molecular flexibility index (Phi) is 3.64. The fourth-order valence-electron chi connectivity index (χ4n) is 2.21. The van der Waals surface area contributed by atoms with E-state index in [0.717, 1.165) is 6.33 Å². The number of hydrogen-bond donors (Lipinski definition) is 1. The molecule has 1 saturated heterocycles. The van der Waals surface area contributed by atoms with Crippen molar-refractivity contribution in [1.82, 2.24) is 9.97 Å². The summed E-state index contributed by atoms with van der Waals surface area (Å²) in [5.41, 5.74) is 4.97. The lowest BCUT2D eigenvalue weighted by atomic mass is 9.96. The number of nitrogens with zero attached hydrogens (tertiary/aromatic N) is 4. The van der Waals surface area contributed by atoms with Gasteiger partial charge in [0.05, 0.1) is 10.8 Å². The number of rotatable bonds is 2. The summed E-state index contributed by atoms with van der Waals surface area (Å²) in [5, 5.41) is 10.9. The van der Waals surface area contributed by atoms with Gasteiger partial charge < -0.3 is 10.6 Å². The summed E-state index contributed by atoms with van der Waals surface area (Å²) >= 11 is 0. The Morgan fingerprint density at radius 1 is 1.35 bits per heavy atom. The van der Waals surface area contributed by atoms with Gasteiger partial charge in [0.2, 0.25) is 11.6 Å². The second-order valence-corrected chi connectivity index (χ2v) is 4.49. The van der Waals surface area contributed by atoms with Crippen molar-refractivity contribution in [3.8, 4) is 0 Å². The van der Waals surface area contributed by atoms with E-state index in [1.807, 2.05) is 0 Å². The van der Waals surface area contributed by atoms with Crippen LogP contribution in [0.1, 0.15) is 12.8 Å². The Balaban J connectivity index is 2.19. The van der Waals surface area contributed by atoms with Crippen LogP contribution in [0.2, 0.25) is 0 Å². The molecule has 2 heterocycles. The van der Waals surface area contributed by atoms with Crippen LogP contribution in [-0.4, -0.2) is 34.2 Å². The molecule has 1 aliphatic heterocycles. The highest BCUT2D eigenvalue weighted by atomic mass is 19.4. The minimum Gasteiger partial charge on any atom is -0.378 e. The van der Waals surface area contributed by atoms with E-state index in [-0.39, 0.29) is 37.6 Å². The van der Waals surface area contributed by atoms with Crippen molar-refractivity contribution in [2.45, 2.75) is 19.0 Å². The standard InChI is InChI=1S/C10H12F3N5O2/c11-10(12,13)6-1-3-17(4-2-6)9-7(18(19)20)8(14)15-5-16-9/h5-6H,1-4H2,(H2,14,15,16). The van der Waals surface area contributed by atoms with Gasteiger partial charge in [0, 0.05) is 13.1 Å². The molecule has 0 bridgehead atoms. The van der Waals surface area contributed by atoms with Crippen LogP contribution >= 0.6 is 0 Å². The molecular formula is C10H12F3N5O2. The van der Waals surface area contributed by atoms with Crippen molar-refractivity contribution < 1.29 is 18.1 Å². The Morgan fingerprint density at radius 2 is 1.95 bits per heavy atom. The van der Waals surface area contributed by atoms with E-state index in [9.17, 15) is 23.3 Å². The first-order valence-electron chi connectivity index (χ1n) is 5.87. The number of aromatic nitrogens is 2. The topological polar surface area (TPSA) is 98.2 Å². The van der Waals surface area contributed by atoms with Crippen LogP contribution in [0.5, 0.6) is 0 Å². The molecule has 0 atom stereocenters. The summed E-state index contributed by atoms with van der Waals surface area (Å²) in [6.07, 6.45) is -3.41. The molecule has 110 valence electrons. The first-order valence-corrected chi connectivity index (χ1v) is 5.87. The lowest BCUT2D eigenvalue weighted by Crippen LogP contribution is -2.39. The van der Waals surface area contributed by atoms with Gasteiger partial charge in [-0.15, -0.1) is 0 Å². The summed E-state index contributed by atoms with van der Waals surface area (Å²) in [6, 6.07) is 0. The smallest absolute Gasteiger partial charge is 0.378 e. The highest BCUT2D eigenvalue weighted by Crippen LogP contribution is 2.37. The molecule has 0 radical (unpaired) electrons. The van der Waals surface area contributed by atoms with Crippen LogP contribution < -0.4 is 10.6 Å². The fraction of sp³-hybridized carbons (Fsp3) is 0.600. The lowest BCUT2D eigenvalue weighted by molar-refractivity contribution is -0.383. The van der Waals surface area contributed by atoms with Crippen molar-refractivity contribution in [3.63, 3.8) is 0 Å². The molecule has 1 aromatic rings. The summed E-state index contributed by atoms with van der Waals surface area (Å²) in [7, 11) is 0. The summed E-state index contributed by atoms with van der Waals surface area (Å²) in [6.45, 7) is 0.0862. The third-order valence-electron chi connectivity index (χ3n) is 3.27. The van der Waals surface area contributed by atoms with Crippen molar-refractivity contribution in [1.29, 1.82) is 0 Å². The SMILES string of the molecule is Nc1ncnc(N2CCC(C(F)(F)F)CC2)c1[N+](=O)[O-]. The molecule has 0 saturated carbocycles. The van der Waals surface area contributed by atoms with Gasteiger partial charge in [-0.25, -0.2) is 9.97 Å². The first-order chi connectivity index (χ1) is 9.30. The number of hydrogen-bond acceptors (Lipinski definition) is 6. The van der Waals surface area contributed by atoms with E-state index in [1.165, 1.54) is 4.90 Å². The molecule has 2 N–H and O–H groups in total. The second-order valence-electron chi connectivity index (χ2n) is 4.49. The van der Waals surface area contributed by atoms with E-state index < -0.39 is 22.7 Å². The largest absolute Gasteiger partial charge is 0.391 e. The third-order valence-corrected chi connectivity index (χ3v) is 3.27. The van der Waals surface area contributed by atoms with Crippen LogP contribution in [0.25, 0.3) is 0 Å². The lowest BCUT2D eigenvalue weighted by Gasteiger charge is -2.33. The average molecular weight is 291 g/mol. The summed E-state index contributed by atoms with van der Waals surface area (Å²) < 4.78 is 37.7. The van der Waals surface area contributed by atoms with E-state index in [2.05, 4.69) is 9.97 Å². The summed E-state index contributed by atoms with van der Waals surface area (Å²) in [5.74, 6) is -1.70. The zero-order valence-corrected chi connectivity index (χ0v) is 10.3. The molecule has 0 amide bonds. The second kappa shape index (κ2) is 5.10. The van der Waals surface area contributed by atoms with Crippen molar-refractivity contribution >= 4 is 17.3 Å². The van der Waals surface area contributed by atoms with Gasteiger partial charge in [-0.2, -0.15) is 13.2 Å². The fourth-order valence-corrected chi connectivity index (χ4v) is 2.21.